The molecule has 0 spiro atoms. The first kappa shape index (κ1) is 16.1. The van der Waals surface area contributed by atoms with Gasteiger partial charge in [0.05, 0.1) is 12.5 Å². The molecular formula is C18H21ClN2O2. The van der Waals surface area contributed by atoms with Crippen LogP contribution < -0.4 is 0 Å². The highest BCUT2D eigenvalue weighted by molar-refractivity contribution is 6.30. The molecule has 1 aromatic heterocycles. The molecule has 5 heteroatoms. The van der Waals surface area contributed by atoms with E-state index < -0.39 is 0 Å². The molecule has 2 aromatic rings. The van der Waals surface area contributed by atoms with Gasteiger partial charge >= 0.3 is 0 Å². The summed E-state index contributed by atoms with van der Waals surface area (Å²) in [4.78, 5) is 14.6. The van der Waals surface area contributed by atoms with Crippen molar-refractivity contribution in [3.63, 3.8) is 0 Å². The van der Waals surface area contributed by atoms with Gasteiger partial charge in [-0.25, -0.2) is 0 Å². The van der Waals surface area contributed by atoms with Gasteiger partial charge in [0.15, 0.2) is 0 Å². The number of aromatic nitrogens is 1. The Morgan fingerprint density at radius 2 is 2.26 bits per heavy atom. The maximum Gasteiger partial charge on any atom is 0.227 e. The Bertz CT molecular complexity index is 696. The van der Waals surface area contributed by atoms with E-state index in [-0.39, 0.29) is 11.9 Å². The average molecular weight is 333 g/mol. The van der Waals surface area contributed by atoms with Crippen LogP contribution in [-0.4, -0.2) is 22.5 Å². The van der Waals surface area contributed by atoms with Gasteiger partial charge in [-0.2, -0.15) is 0 Å². The van der Waals surface area contributed by atoms with Crippen LogP contribution in [0.3, 0.4) is 0 Å². The van der Waals surface area contributed by atoms with E-state index in [0.717, 1.165) is 36.4 Å². The number of rotatable bonds is 4. The Hall–Kier alpha value is -1.81. The lowest BCUT2D eigenvalue weighted by atomic mass is 10.1. The van der Waals surface area contributed by atoms with Gasteiger partial charge in [0, 0.05) is 23.6 Å². The summed E-state index contributed by atoms with van der Waals surface area (Å²) < 4.78 is 5.40. The van der Waals surface area contributed by atoms with Crippen molar-refractivity contribution in [2.75, 3.05) is 6.54 Å². The molecule has 1 amide bonds. The highest BCUT2D eigenvalue weighted by atomic mass is 35.5. The van der Waals surface area contributed by atoms with E-state index in [4.69, 9.17) is 16.1 Å². The third kappa shape index (κ3) is 3.58. The summed E-state index contributed by atoms with van der Waals surface area (Å²) in [6.45, 7) is 4.91. The summed E-state index contributed by atoms with van der Waals surface area (Å²) in [6, 6.07) is 9.48. The molecule has 1 fully saturated rings. The van der Waals surface area contributed by atoms with Crippen LogP contribution in [0.1, 0.15) is 55.7 Å². The Morgan fingerprint density at radius 3 is 2.96 bits per heavy atom. The van der Waals surface area contributed by atoms with Crippen LogP contribution in [0.2, 0.25) is 5.02 Å². The van der Waals surface area contributed by atoms with E-state index in [1.807, 2.05) is 35.2 Å². The minimum Gasteiger partial charge on any atom is -0.361 e. The lowest BCUT2D eigenvalue weighted by Gasteiger charge is -2.23. The molecule has 122 valence electrons. The zero-order valence-corrected chi connectivity index (χ0v) is 14.2. The monoisotopic (exact) mass is 332 g/mol. The highest BCUT2D eigenvalue weighted by Crippen LogP contribution is 2.33. The molecular weight excluding hydrogens is 312 g/mol. The zero-order chi connectivity index (χ0) is 16.4. The summed E-state index contributed by atoms with van der Waals surface area (Å²) in [5.74, 6) is 1.28. The van der Waals surface area contributed by atoms with Crippen molar-refractivity contribution in [1.82, 2.24) is 10.1 Å². The number of hydrogen-bond acceptors (Lipinski definition) is 3. The van der Waals surface area contributed by atoms with Gasteiger partial charge in [-0.3, -0.25) is 4.79 Å². The molecule has 1 atom stereocenters. The summed E-state index contributed by atoms with van der Waals surface area (Å²) in [7, 11) is 0. The van der Waals surface area contributed by atoms with Crippen LogP contribution in [0.5, 0.6) is 0 Å². The predicted octanol–water partition coefficient (Wildman–Crippen LogP) is 4.36. The second kappa shape index (κ2) is 6.75. The molecule has 23 heavy (non-hydrogen) atoms. The van der Waals surface area contributed by atoms with Gasteiger partial charge in [-0.1, -0.05) is 42.7 Å². The Labute approximate surface area is 141 Å². The van der Waals surface area contributed by atoms with Crippen LogP contribution in [-0.2, 0) is 11.2 Å². The fourth-order valence-electron chi connectivity index (χ4n) is 3.03. The van der Waals surface area contributed by atoms with Crippen LogP contribution in [0.25, 0.3) is 0 Å². The largest absolute Gasteiger partial charge is 0.361 e. The number of amides is 1. The minimum atomic E-state index is 0.0259. The number of hydrogen-bond donors (Lipinski definition) is 0. The molecule has 0 N–H and O–H groups in total. The third-order valence-corrected chi connectivity index (χ3v) is 4.51. The smallest absolute Gasteiger partial charge is 0.227 e. The first-order valence-electron chi connectivity index (χ1n) is 8.05. The first-order chi connectivity index (χ1) is 11.0. The number of carbonyl (C=O) groups excluding carboxylic acids is 1. The fraction of sp³-hybridized carbons (Fsp3) is 0.444. The average Bonchev–Trinajstić information content (AvgIpc) is 3.16. The van der Waals surface area contributed by atoms with Gasteiger partial charge in [-0.15, -0.1) is 0 Å². The lowest BCUT2D eigenvalue weighted by Crippen LogP contribution is -2.32. The van der Waals surface area contributed by atoms with Crippen LogP contribution in [0.15, 0.2) is 34.9 Å². The van der Waals surface area contributed by atoms with Crippen molar-refractivity contribution < 1.29 is 9.32 Å². The third-order valence-electron chi connectivity index (χ3n) is 4.27. The van der Waals surface area contributed by atoms with E-state index in [2.05, 4.69) is 19.0 Å². The van der Waals surface area contributed by atoms with Gasteiger partial charge in [0.1, 0.15) is 11.5 Å². The van der Waals surface area contributed by atoms with Crippen LogP contribution in [0, 0.1) is 0 Å². The van der Waals surface area contributed by atoms with Crippen molar-refractivity contribution in [2.45, 2.75) is 45.1 Å². The molecule has 1 aliphatic heterocycles. The number of halogens is 1. The molecule has 0 bridgehead atoms. The van der Waals surface area contributed by atoms with E-state index in [1.165, 1.54) is 0 Å². The Balaban J connectivity index is 1.74. The summed E-state index contributed by atoms with van der Waals surface area (Å²) >= 11 is 6.00. The summed E-state index contributed by atoms with van der Waals surface area (Å²) in [6.07, 6.45) is 2.30. The molecule has 0 radical (unpaired) electrons. The maximum atomic E-state index is 12.7. The van der Waals surface area contributed by atoms with Gasteiger partial charge in [0.2, 0.25) is 5.91 Å². The number of nitrogens with zero attached hydrogens (tertiary/aromatic N) is 2. The van der Waals surface area contributed by atoms with Crippen molar-refractivity contribution in [3.05, 3.63) is 52.4 Å². The topological polar surface area (TPSA) is 46.3 Å². The molecule has 2 heterocycles. The number of benzene rings is 1. The molecule has 0 unspecified atom stereocenters. The van der Waals surface area contributed by atoms with Crippen molar-refractivity contribution in [1.29, 1.82) is 0 Å². The molecule has 1 aromatic carbocycles. The van der Waals surface area contributed by atoms with Crippen LogP contribution in [0.4, 0.5) is 0 Å². The van der Waals surface area contributed by atoms with Gasteiger partial charge in [0.25, 0.3) is 0 Å². The minimum absolute atomic E-state index is 0.0259. The molecule has 4 nitrogen and oxygen atoms in total. The van der Waals surface area contributed by atoms with Gasteiger partial charge < -0.3 is 9.42 Å². The maximum absolute atomic E-state index is 12.7. The second-order valence-corrected chi connectivity index (χ2v) is 6.80. The zero-order valence-electron chi connectivity index (χ0n) is 13.5. The number of likely N-dealkylation sites (tertiary alicyclic amines) is 1. The second-order valence-electron chi connectivity index (χ2n) is 6.36. The van der Waals surface area contributed by atoms with Gasteiger partial charge in [-0.05, 0) is 30.5 Å². The Morgan fingerprint density at radius 1 is 1.43 bits per heavy atom. The quantitative estimate of drug-likeness (QED) is 0.835. The fourth-order valence-corrected chi connectivity index (χ4v) is 3.24. The van der Waals surface area contributed by atoms with E-state index in [0.29, 0.717) is 17.4 Å². The summed E-state index contributed by atoms with van der Waals surface area (Å²) in [5, 5.41) is 4.84. The van der Waals surface area contributed by atoms with Crippen molar-refractivity contribution >= 4 is 17.5 Å². The summed E-state index contributed by atoms with van der Waals surface area (Å²) in [5.41, 5.74) is 1.81. The first-order valence-corrected chi connectivity index (χ1v) is 8.43. The number of carbonyl (C=O) groups is 1. The molecule has 0 aliphatic carbocycles. The molecule has 3 rings (SSSR count). The molecule has 1 aliphatic rings. The molecule has 1 saturated heterocycles. The van der Waals surface area contributed by atoms with E-state index in [9.17, 15) is 4.79 Å². The molecule has 0 saturated carbocycles. The van der Waals surface area contributed by atoms with Crippen molar-refractivity contribution in [2.24, 2.45) is 0 Å². The predicted molar refractivity (Wildman–Crippen MR) is 89.4 cm³/mol. The lowest BCUT2D eigenvalue weighted by molar-refractivity contribution is -0.131. The SMILES string of the molecule is CC(C)c1cc([C@H]2CCCN2C(=O)Cc2cccc(Cl)c2)no1. The standard InChI is InChI=1S/C18H21ClN2O2/c1-12(2)17-11-15(20-23-17)16-7-4-8-21(16)18(22)10-13-5-3-6-14(19)9-13/h3,5-6,9,11-12,16H,4,7-8,10H2,1-2H3/t16-/m1/s1. The normalized spacial score (nSPS) is 17.9. The highest BCUT2D eigenvalue weighted by Gasteiger charge is 2.32. The van der Waals surface area contributed by atoms with Crippen molar-refractivity contribution in [3.8, 4) is 0 Å². The van der Waals surface area contributed by atoms with Crippen LogP contribution >= 0.6 is 11.6 Å². The Kier molecular flexibility index (Phi) is 4.71. The van der Waals surface area contributed by atoms with E-state index >= 15 is 0 Å². The van der Waals surface area contributed by atoms with E-state index in [1.54, 1.807) is 0 Å².